The lowest BCUT2D eigenvalue weighted by Crippen LogP contribution is -2.56. The van der Waals surface area contributed by atoms with Crippen LogP contribution in [0.25, 0.3) is 10.9 Å². The molecule has 1 aliphatic carbocycles. The van der Waals surface area contributed by atoms with Crippen LogP contribution in [0.3, 0.4) is 0 Å². The Morgan fingerprint density at radius 3 is 2.62 bits per heavy atom. The van der Waals surface area contributed by atoms with E-state index < -0.39 is 11.5 Å². The van der Waals surface area contributed by atoms with E-state index in [1.54, 1.807) is 0 Å². The minimum Gasteiger partial charge on any atom is -0.338 e. The van der Waals surface area contributed by atoms with E-state index in [9.17, 15) is 9.59 Å². The molecule has 2 heterocycles. The highest BCUT2D eigenvalue weighted by Gasteiger charge is 2.35. The zero-order valence-corrected chi connectivity index (χ0v) is 18.9. The molecule has 0 saturated heterocycles. The Labute approximate surface area is 187 Å². The number of hydrazine groups is 2. The number of aromatic nitrogens is 2. The molecule has 5 N–H and O–H groups in total. The number of para-hydroxylation sites is 1. The largest absolute Gasteiger partial charge is 0.338 e. The van der Waals surface area contributed by atoms with Gasteiger partial charge in [0.25, 0.3) is 5.91 Å². The zero-order valence-electron chi connectivity index (χ0n) is 18.9. The normalized spacial score (nSPS) is 17.9. The molecule has 10 nitrogen and oxygen atoms in total. The van der Waals surface area contributed by atoms with Crippen LogP contribution >= 0.6 is 0 Å². The SMILES string of the molecule is CC(C)(C)C(NC(=O)c1nn(CC2CCCCC2)c2ccccc12)C(=O)NC1=NNNN1. The summed E-state index contributed by atoms with van der Waals surface area (Å²) in [6, 6.07) is 6.99. The van der Waals surface area contributed by atoms with Crippen molar-refractivity contribution in [2.24, 2.45) is 16.4 Å². The monoisotopic (exact) mass is 440 g/mol. The molecule has 1 aliphatic heterocycles. The van der Waals surface area contributed by atoms with Crippen molar-refractivity contribution in [3.05, 3.63) is 30.0 Å². The second kappa shape index (κ2) is 9.15. The molecular weight excluding hydrogens is 408 g/mol. The quantitative estimate of drug-likeness (QED) is 0.483. The van der Waals surface area contributed by atoms with Crippen LogP contribution in [0.1, 0.15) is 63.4 Å². The summed E-state index contributed by atoms with van der Waals surface area (Å²) in [5.74, 6) is 0.0865. The van der Waals surface area contributed by atoms with Crippen molar-refractivity contribution in [1.82, 2.24) is 36.9 Å². The van der Waals surface area contributed by atoms with Crippen LogP contribution in [-0.2, 0) is 11.3 Å². The van der Waals surface area contributed by atoms with Gasteiger partial charge in [-0.1, -0.05) is 58.2 Å². The van der Waals surface area contributed by atoms with E-state index in [0.717, 1.165) is 17.4 Å². The highest BCUT2D eigenvalue weighted by molar-refractivity contribution is 6.07. The van der Waals surface area contributed by atoms with Crippen LogP contribution in [0.4, 0.5) is 0 Å². The summed E-state index contributed by atoms with van der Waals surface area (Å²) < 4.78 is 1.96. The molecule has 1 unspecified atom stereocenters. The summed E-state index contributed by atoms with van der Waals surface area (Å²) in [7, 11) is 0. The van der Waals surface area contributed by atoms with E-state index in [2.05, 4.69) is 32.2 Å². The summed E-state index contributed by atoms with van der Waals surface area (Å²) in [6.07, 6.45) is 6.21. The summed E-state index contributed by atoms with van der Waals surface area (Å²) in [4.78, 5) is 26.2. The number of carbonyl (C=O) groups excluding carboxylic acids is 2. The highest BCUT2D eigenvalue weighted by Crippen LogP contribution is 2.27. The number of carbonyl (C=O) groups is 2. The van der Waals surface area contributed by atoms with Crippen molar-refractivity contribution >= 4 is 28.7 Å². The number of guanidine groups is 1. The predicted octanol–water partition coefficient (Wildman–Crippen LogP) is 1.76. The number of nitrogens with zero attached hydrogens (tertiary/aromatic N) is 3. The first kappa shape index (κ1) is 22.1. The Balaban J connectivity index is 1.56. The van der Waals surface area contributed by atoms with Crippen LogP contribution in [0.2, 0.25) is 0 Å². The van der Waals surface area contributed by atoms with Gasteiger partial charge in [0.15, 0.2) is 5.69 Å². The van der Waals surface area contributed by atoms with Gasteiger partial charge in [0.1, 0.15) is 6.04 Å². The van der Waals surface area contributed by atoms with E-state index >= 15 is 0 Å². The molecule has 4 rings (SSSR count). The van der Waals surface area contributed by atoms with Crippen molar-refractivity contribution in [2.45, 2.75) is 65.5 Å². The Bertz CT molecular complexity index is 1020. The maximum atomic E-state index is 13.3. The zero-order chi connectivity index (χ0) is 22.7. The van der Waals surface area contributed by atoms with Crippen LogP contribution in [0, 0.1) is 11.3 Å². The molecule has 1 aromatic heterocycles. The topological polar surface area (TPSA) is 124 Å². The average molecular weight is 441 g/mol. The lowest BCUT2D eigenvalue weighted by atomic mass is 9.86. The van der Waals surface area contributed by atoms with Gasteiger partial charge in [0.2, 0.25) is 11.9 Å². The Hall–Kier alpha value is -3.14. The van der Waals surface area contributed by atoms with Crippen molar-refractivity contribution in [2.75, 3.05) is 0 Å². The van der Waals surface area contributed by atoms with Gasteiger partial charge in [0, 0.05) is 11.9 Å². The van der Waals surface area contributed by atoms with Gasteiger partial charge in [0.05, 0.1) is 5.52 Å². The van der Waals surface area contributed by atoms with Crippen LogP contribution in [0.5, 0.6) is 0 Å². The number of hydrogen-bond donors (Lipinski definition) is 5. The van der Waals surface area contributed by atoms with Gasteiger partial charge in [-0.2, -0.15) is 5.10 Å². The molecule has 2 aromatic rings. The molecule has 2 amide bonds. The number of amides is 2. The summed E-state index contributed by atoms with van der Waals surface area (Å²) >= 11 is 0. The molecule has 10 heteroatoms. The molecule has 1 saturated carbocycles. The smallest absolute Gasteiger partial charge is 0.273 e. The molecule has 0 bridgehead atoms. The van der Waals surface area contributed by atoms with Gasteiger partial charge in [-0.25, -0.2) is 5.53 Å². The first-order valence-corrected chi connectivity index (χ1v) is 11.2. The predicted molar refractivity (Wildman–Crippen MR) is 122 cm³/mol. The molecule has 0 spiro atoms. The van der Waals surface area contributed by atoms with Gasteiger partial charge in [-0.15, -0.1) is 10.6 Å². The summed E-state index contributed by atoms with van der Waals surface area (Å²) in [5, 5.41) is 14.9. The number of fused-ring (bicyclic) bond motifs is 1. The van der Waals surface area contributed by atoms with Crippen LogP contribution in [-0.4, -0.2) is 33.6 Å². The lowest BCUT2D eigenvalue weighted by molar-refractivity contribution is -0.123. The minimum absolute atomic E-state index is 0.237. The molecule has 0 radical (unpaired) electrons. The van der Waals surface area contributed by atoms with Crippen molar-refractivity contribution < 1.29 is 9.59 Å². The maximum absolute atomic E-state index is 13.3. The Morgan fingerprint density at radius 1 is 1.19 bits per heavy atom. The number of hydrogen-bond acceptors (Lipinski definition) is 7. The molecular formula is C22H32N8O2. The standard InChI is InChI=1S/C22H32N8O2/c1-22(2,3)18(20(32)24-21-25-28-29-26-21)23-19(31)17-15-11-7-8-12-16(15)30(27-17)13-14-9-5-4-6-10-14/h7-8,11-12,14,18,28-29H,4-6,9-10,13H2,1-3H3,(H,23,31)(H2,24,25,26,32). The van der Waals surface area contributed by atoms with Crippen molar-refractivity contribution in [1.29, 1.82) is 0 Å². The van der Waals surface area contributed by atoms with Gasteiger partial charge in [-0.3, -0.25) is 25.0 Å². The van der Waals surface area contributed by atoms with E-state index in [4.69, 9.17) is 5.10 Å². The van der Waals surface area contributed by atoms with E-state index in [-0.39, 0.29) is 17.8 Å². The first-order chi connectivity index (χ1) is 15.3. The van der Waals surface area contributed by atoms with Crippen LogP contribution < -0.4 is 27.1 Å². The minimum atomic E-state index is -0.789. The number of benzene rings is 1. The average Bonchev–Trinajstić information content (AvgIpc) is 3.40. The fraction of sp³-hybridized carbons (Fsp3) is 0.545. The van der Waals surface area contributed by atoms with Crippen molar-refractivity contribution in [3.8, 4) is 0 Å². The molecule has 1 aromatic carbocycles. The summed E-state index contributed by atoms with van der Waals surface area (Å²) in [5.41, 5.74) is 8.49. The van der Waals surface area contributed by atoms with Gasteiger partial charge >= 0.3 is 0 Å². The van der Waals surface area contributed by atoms with Gasteiger partial charge in [-0.05, 0) is 30.2 Å². The third kappa shape index (κ3) is 4.85. The summed E-state index contributed by atoms with van der Waals surface area (Å²) in [6.45, 7) is 6.51. The highest BCUT2D eigenvalue weighted by atomic mass is 16.2. The third-order valence-corrected chi connectivity index (χ3v) is 6.08. The van der Waals surface area contributed by atoms with E-state index in [0.29, 0.717) is 11.6 Å². The van der Waals surface area contributed by atoms with Crippen molar-refractivity contribution in [3.63, 3.8) is 0 Å². The van der Waals surface area contributed by atoms with E-state index in [1.165, 1.54) is 32.1 Å². The van der Waals surface area contributed by atoms with E-state index in [1.807, 2.05) is 49.7 Å². The number of nitrogens with one attached hydrogen (secondary N) is 5. The second-order valence-electron chi connectivity index (χ2n) is 9.64. The molecule has 1 fully saturated rings. The van der Waals surface area contributed by atoms with Crippen LogP contribution in [0.15, 0.2) is 29.4 Å². The molecule has 172 valence electrons. The first-order valence-electron chi connectivity index (χ1n) is 11.2. The Kier molecular flexibility index (Phi) is 6.31. The van der Waals surface area contributed by atoms with Gasteiger partial charge < -0.3 is 5.32 Å². The number of rotatable bonds is 5. The Morgan fingerprint density at radius 2 is 1.94 bits per heavy atom. The number of hydrazone groups is 1. The third-order valence-electron chi connectivity index (χ3n) is 6.08. The molecule has 32 heavy (non-hydrogen) atoms. The second-order valence-corrected chi connectivity index (χ2v) is 9.64. The fourth-order valence-electron chi connectivity index (χ4n) is 4.37. The molecule has 2 aliphatic rings. The fourth-order valence-corrected chi connectivity index (χ4v) is 4.37. The maximum Gasteiger partial charge on any atom is 0.273 e. The molecule has 1 atom stereocenters. The lowest BCUT2D eigenvalue weighted by Gasteiger charge is -2.30.